The number of imide groups is 1. The zero-order valence-corrected chi connectivity index (χ0v) is 10.1. The van der Waals surface area contributed by atoms with Crippen LogP contribution in [0.4, 0.5) is 0 Å². The van der Waals surface area contributed by atoms with Crippen LogP contribution in [-0.2, 0) is 9.59 Å². The van der Waals surface area contributed by atoms with Crippen molar-refractivity contribution in [2.75, 3.05) is 0 Å². The summed E-state index contributed by atoms with van der Waals surface area (Å²) in [7, 11) is 0. The molecule has 0 aromatic heterocycles. The smallest absolute Gasteiger partial charge is 0.233 e. The Labute approximate surface area is 100 Å². The monoisotopic (exact) mass is 240 g/mol. The molecule has 3 unspecified atom stereocenters. The summed E-state index contributed by atoms with van der Waals surface area (Å²) in [6, 6.07) is -0.388. The van der Waals surface area contributed by atoms with E-state index in [1.807, 2.05) is 6.92 Å². The molecule has 1 saturated heterocycles. The van der Waals surface area contributed by atoms with Gasteiger partial charge >= 0.3 is 0 Å². The molecular weight excluding hydrogens is 224 g/mol. The number of carbonyl (C=O) groups excluding carboxylic acids is 2. The molecule has 0 aromatic rings. The largest absolute Gasteiger partial charge is 0.392 e. The number of hydrogen-bond acceptors (Lipinski definition) is 3. The van der Waals surface area contributed by atoms with Gasteiger partial charge in [-0.25, -0.2) is 0 Å². The van der Waals surface area contributed by atoms with Crippen molar-refractivity contribution in [3.05, 3.63) is 0 Å². The first-order chi connectivity index (χ1) is 7.57. The third-order valence-corrected chi connectivity index (χ3v) is 3.92. The van der Waals surface area contributed by atoms with Crippen molar-refractivity contribution in [2.45, 2.75) is 38.6 Å². The Hall–Kier alpha value is -0.970. The fourth-order valence-corrected chi connectivity index (χ4v) is 3.11. The number of hydrogen-bond donors (Lipinski definition) is 1. The number of carbonyl (C=O) groups is 2. The van der Waals surface area contributed by atoms with Crippen LogP contribution in [0.15, 0.2) is 0 Å². The van der Waals surface area contributed by atoms with Crippen molar-refractivity contribution in [1.29, 1.82) is 0 Å². The molecule has 88 valence electrons. The third-order valence-electron chi connectivity index (χ3n) is 3.65. The summed E-state index contributed by atoms with van der Waals surface area (Å²) >= 11 is 4.92. The molecule has 0 radical (unpaired) electrons. The molecule has 1 heterocycles. The van der Waals surface area contributed by atoms with Crippen LogP contribution in [-0.4, -0.2) is 27.7 Å². The lowest BCUT2D eigenvalue weighted by Gasteiger charge is -2.25. The highest BCUT2D eigenvalue weighted by molar-refractivity contribution is 7.80. The highest BCUT2D eigenvalue weighted by Crippen LogP contribution is 2.40. The van der Waals surface area contributed by atoms with Crippen LogP contribution in [0.5, 0.6) is 0 Å². The minimum absolute atomic E-state index is 0.0628. The van der Waals surface area contributed by atoms with Crippen molar-refractivity contribution >= 4 is 29.0 Å². The Morgan fingerprint density at radius 2 is 1.94 bits per heavy atom. The summed E-state index contributed by atoms with van der Waals surface area (Å²) < 4.78 is 0. The maximum absolute atomic E-state index is 12.1. The summed E-state index contributed by atoms with van der Waals surface area (Å²) in [6.45, 7) is 1.89. The van der Waals surface area contributed by atoms with Crippen molar-refractivity contribution in [2.24, 2.45) is 17.6 Å². The summed E-state index contributed by atoms with van der Waals surface area (Å²) in [5, 5.41) is 0. The van der Waals surface area contributed by atoms with Gasteiger partial charge < -0.3 is 5.73 Å². The zero-order valence-electron chi connectivity index (χ0n) is 9.31. The number of amides is 2. The van der Waals surface area contributed by atoms with E-state index in [9.17, 15) is 9.59 Å². The highest BCUT2D eigenvalue weighted by Gasteiger charge is 2.51. The Balaban J connectivity index is 2.26. The summed E-state index contributed by atoms with van der Waals surface area (Å²) in [6.07, 6.45) is 3.25. The van der Waals surface area contributed by atoms with Crippen LogP contribution in [0.2, 0.25) is 0 Å². The van der Waals surface area contributed by atoms with Gasteiger partial charge in [0.15, 0.2) is 0 Å². The van der Waals surface area contributed by atoms with Crippen LogP contribution >= 0.6 is 12.2 Å². The van der Waals surface area contributed by atoms with Gasteiger partial charge in [-0.15, -0.1) is 0 Å². The van der Waals surface area contributed by atoms with Crippen LogP contribution in [0.25, 0.3) is 0 Å². The molecule has 2 amide bonds. The van der Waals surface area contributed by atoms with Gasteiger partial charge in [-0.05, 0) is 19.3 Å². The van der Waals surface area contributed by atoms with Gasteiger partial charge in [-0.3, -0.25) is 14.5 Å². The van der Waals surface area contributed by atoms with E-state index >= 15 is 0 Å². The molecule has 1 aliphatic heterocycles. The predicted octanol–water partition coefficient (Wildman–Crippen LogP) is 0.836. The first-order valence-corrected chi connectivity index (χ1v) is 6.15. The van der Waals surface area contributed by atoms with Gasteiger partial charge in [-0.2, -0.15) is 0 Å². The van der Waals surface area contributed by atoms with E-state index < -0.39 is 0 Å². The lowest BCUT2D eigenvalue weighted by molar-refractivity contribution is -0.141. The number of rotatable bonds is 3. The van der Waals surface area contributed by atoms with Crippen molar-refractivity contribution in [1.82, 2.24) is 4.90 Å². The molecule has 0 spiro atoms. The number of likely N-dealkylation sites (tertiary alicyclic amines) is 1. The van der Waals surface area contributed by atoms with E-state index in [1.54, 1.807) is 0 Å². The second-order valence-corrected chi connectivity index (χ2v) is 4.99. The van der Waals surface area contributed by atoms with Crippen molar-refractivity contribution in [3.63, 3.8) is 0 Å². The maximum atomic E-state index is 12.1. The Morgan fingerprint density at radius 1 is 1.44 bits per heavy atom. The lowest BCUT2D eigenvalue weighted by atomic mass is 10.00. The van der Waals surface area contributed by atoms with Crippen LogP contribution in [0.1, 0.15) is 32.6 Å². The van der Waals surface area contributed by atoms with E-state index in [2.05, 4.69) is 0 Å². The number of nitrogens with two attached hydrogens (primary N) is 1. The summed E-state index contributed by atoms with van der Waals surface area (Å²) in [5.41, 5.74) is 5.59. The molecule has 4 nitrogen and oxygen atoms in total. The molecule has 2 N–H and O–H groups in total. The van der Waals surface area contributed by atoms with Crippen molar-refractivity contribution < 1.29 is 9.59 Å². The van der Waals surface area contributed by atoms with Gasteiger partial charge in [0, 0.05) is 0 Å². The first kappa shape index (κ1) is 11.5. The summed E-state index contributed by atoms with van der Waals surface area (Å²) in [5.74, 6) is -0.328. The summed E-state index contributed by atoms with van der Waals surface area (Å²) in [4.78, 5) is 25.7. The highest BCUT2D eigenvalue weighted by atomic mass is 32.1. The maximum Gasteiger partial charge on any atom is 0.233 e. The van der Waals surface area contributed by atoms with E-state index in [0.717, 1.165) is 19.3 Å². The molecule has 0 aromatic carbocycles. The van der Waals surface area contributed by atoms with Gasteiger partial charge in [0.1, 0.15) is 0 Å². The van der Waals surface area contributed by atoms with Gasteiger partial charge in [-0.1, -0.05) is 25.6 Å². The van der Waals surface area contributed by atoms with E-state index in [1.165, 1.54) is 4.90 Å². The topological polar surface area (TPSA) is 63.4 Å². The van der Waals surface area contributed by atoms with Crippen molar-refractivity contribution in [3.8, 4) is 0 Å². The van der Waals surface area contributed by atoms with Gasteiger partial charge in [0.05, 0.1) is 22.9 Å². The molecule has 3 atom stereocenters. The minimum Gasteiger partial charge on any atom is -0.392 e. The van der Waals surface area contributed by atoms with Crippen LogP contribution < -0.4 is 5.73 Å². The molecule has 2 aliphatic rings. The quantitative estimate of drug-likeness (QED) is 0.586. The molecule has 5 heteroatoms. The van der Waals surface area contributed by atoms with E-state index in [-0.39, 0.29) is 34.7 Å². The van der Waals surface area contributed by atoms with Gasteiger partial charge in [0.25, 0.3) is 0 Å². The van der Waals surface area contributed by atoms with E-state index in [0.29, 0.717) is 6.42 Å². The SMILES string of the molecule is CCC(C(N)=S)N1C(=O)C2CCCC2C1=O. The molecule has 1 aliphatic carbocycles. The Kier molecular flexibility index (Phi) is 2.97. The molecule has 0 bridgehead atoms. The Bertz CT molecular complexity index is 334. The first-order valence-electron chi connectivity index (χ1n) is 5.74. The average Bonchev–Trinajstić information content (AvgIpc) is 2.78. The second-order valence-electron chi connectivity index (χ2n) is 4.52. The minimum atomic E-state index is -0.388. The zero-order chi connectivity index (χ0) is 11.9. The van der Waals surface area contributed by atoms with Gasteiger partial charge in [0.2, 0.25) is 11.8 Å². The molecule has 2 fully saturated rings. The number of thiocarbonyl (C=S) groups is 1. The normalized spacial score (nSPS) is 30.7. The fourth-order valence-electron chi connectivity index (χ4n) is 2.84. The van der Waals surface area contributed by atoms with Crippen LogP contribution in [0, 0.1) is 11.8 Å². The standard InChI is InChI=1S/C11H16N2O2S/c1-2-8(9(12)16)13-10(14)6-4-3-5-7(6)11(13)15/h6-8H,2-5H2,1H3,(H2,12,16). The average molecular weight is 240 g/mol. The predicted molar refractivity (Wildman–Crippen MR) is 63.5 cm³/mol. The second kappa shape index (κ2) is 4.13. The Morgan fingerprint density at radius 3 is 2.31 bits per heavy atom. The molecule has 16 heavy (non-hydrogen) atoms. The number of fused-ring (bicyclic) bond motifs is 1. The molecule has 2 rings (SSSR count). The van der Waals surface area contributed by atoms with E-state index in [4.69, 9.17) is 18.0 Å². The fraction of sp³-hybridized carbons (Fsp3) is 0.727. The van der Waals surface area contributed by atoms with Crippen LogP contribution in [0.3, 0.4) is 0 Å². The molecular formula is C11H16N2O2S. The number of nitrogens with zero attached hydrogens (tertiary/aromatic N) is 1. The molecule has 1 saturated carbocycles. The lowest BCUT2D eigenvalue weighted by Crippen LogP contribution is -2.47. The third kappa shape index (κ3) is 1.54.